The Bertz CT molecular complexity index is 839. The van der Waals surface area contributed by atoms with E-state index < -0.39 is 29.0 Å². The Labute approximate surface area is 143 Å². The summed E-state index contributed by atoms with van der Waals surface area (Å²) in [7, 11) is 0. The average molecular weight is 346 g/mol. The quantitative estimate of drug-likeness (QED) is 0.435. The fraction of sp³-hybridized carbons (Fsp3) is 0.250. The fourth-order valence-electron chi connectivity index (χ4n) is 3.01. The van der Waals surface area contributed by atoms with E-state index in [1.54, 1.807) is 0 Å². The number of benzene rings is 2. The molecule has 1 aliphatic rings. The lowest BCUT2D eigenvalue weighted by Crippen LogP contribution is -2.17. The fourth-order valence-corrected chi connectivity index (χ4v) is 3.01. The Hall–Kier alpha value is -2.56. The molecule has 0 spiro atoms. The van der Waals surface area contributed by atoms with Crippen LogP contribution in [-0.4, -0.2) is 5.97 Å². The number of esters is 1. The predicted octanol–water partition coefficient (Wildman–Crippen LogP) is 5.15. The molecule has 0 saturated heterocycles. The van der Waals surface area contributed by atoms with Crippen molar-refractivity contribution < 1.29 is 22.7 Å². The molecule has 3 rings (SSSR count). The van der Waals surface area contributed by atoms with Gasteiger partial charge in [-0.1, -0.05) is 25.0 Å². The van der Waals surface area contributed by atoms with E-state index in [4.69, 9.17) is 4.74 Å². The van der Waals surface area contributed by atoms with E-state index in [9.17, 15) is 18.0 Å². The highest BCUT2D eigenvalue weighted by Crippen LogP contribution is 2.30. The lowest BCUT2D eigenvalue weighted by atomic mass is 9.88. The normalized spacial score (nSPS) is 13.2. The maximum atomic E-state index is 14.7. The molecule has 5 heteroatoms. The summed E-state index contributed by atoms with van der Waals surface area (Å²) in [6, 6.07) is 5.86. The van der Waals surface area contributed by atoms with Gasteiger partial charge in [0.2, 0.25) is 0 Å². The van der Waals surface area contributed by atoms with Gasteiger partial charge in [-0.25, -0.2) is 18.0 Å². The maximum Gasteiger partial charge on any atom is 0.349 e. The third-order valence-corrected chi connectivity index (χ3v) is 4.22. The summed E-state index contributed by atoms with van der Waals surface area (Å²) in [6.45, 7) is 2.05. The summed E-state index contributed by atoms with van der Waals surface area (Å²) in [4.78, 5) is 12.2. The van der Waals surface area contributed by atoms with Gasteiger partial charge in [-0.2, -0.15) is 0 Å². The molecule has 0 heterocycles. The summed E-state index contributed by atoms with van der Waals surface area (Å²) < 4.78 is 46.9. The second kappa shape index (κ2) is 7.13. The molecule has 2 aromatic rings. The van der Waals surface area contributed by atoms with Crippen molar-refractivity contribution in [1.29, 1.82) is 0 Å². The van der Waals surface area contributed by atoms with Crippen LogP contribution in [0.1, 0.15) is 41.3 Å². The van der Waals surface area contributed by atoms with E-state index in [2.05, 4.69) is 0 Å². The smallest absolute Gasteiger partial charge is 0.349 e. The van der Waals surface area contributed by atoms with Crippen molar-refractivity contribution in [3.8, 4) is 5.75 Å². The Kier molecular flexibility index (Phi) is 4.93. The van der Waals surface area contributed by atoms with E-state index in [1.807, 2.05) is 13.0 Å². The number of fused-ring (bicyclic) bond motifs is 1. The molecule has 130 valence electrons. The molecule has 0 amide bonds. The van der Waals surface area contributed by atoms with Gasteiger partial charge in [-0.05, 0) is 60.7 Å². The minimum absolute atomic E-state index is 0.0213. The standard InChI is InChI=1S/C20H17F3O2/c1-2-3-12-4-9-16-13(10-12)11-17(22)18(19(16)23)20(24)25-15-7-5-14(21)6-8-15/h4-8,11H,2-3,9-10H2,1H3. The van der Waals surface area contributed by atoms with E-state index in [0.29, 0.717) is 24.0 Å². The molecular weight excluding hydrogens is 329 g/mol. The maximum absolute atomic E-state index is 14.7. The number of carbonyl (C=O) groups excluding carboxylic acids is 1. The number of ether oxygens (including phenoxy) is 1. The SMILES string of the molecule is CCCC1=CCc2c(cc(F)c(C(=O)Oc3ccc(F)cc3)c2F)C1. The zero-order valence-corrected chi connectivity index (χ0v) is 13.7. The second-order valence-corrected chi connectivity index (χ2v) is 6.02. The lowest BCUT2D eigenvalue weighted by Gasteiger charge is -2.19. The summed E-state index contributed by atoms with van der Waals surface area (Å²) in [6.07, 6.45) is 4.60. The summed E-state index contributed by atoms with van der Waals surface area (Å²) >= 11 is 0. The van der Waals surface area contributed by atoms with Crippen molar-refractivity contribution in [2.75, 3.05) is 0 Å². The van der Waals surface area contributed by atoms with Gasteiger partial charge in [0.15, 0.2) is 0 Å². The first kappa shape index (κ1) is 17.3. The monoisotopic (exact) mass is 346 g/mol. The van der Waals surface area contributed by atoms with Crippen LogP contribution in [0.3, 0.4) is 0 Å². The van der Waals surface area contributed by atoms with E-state index >= 15 is 0 Å². The number of hydrogen-bond acceptors (Lipinski definition) is 2. The minimum Gasteiger partial charge on any atom is -0.423 e. The highest BCUT2D eigenvalue weighted by atomic mass is 19.1. The Balaban J connectivity index is 1.89. The number of carbonyl (C=O) groups is 1. The first-order valence-electron chi connectivity index (χ1n) is 8.15. The van der Waals surface area contributed by atoms with Crippen molar-refractivity contribution in [3.05, 3.63) is 76.1 Å². The van der Waals surface area contributed by atoms with Gasteiger partial charge in [-0.15, -0.1) is 0 Å². The van der Waals surface area contributed by atoms with E-state index in [-0.39, 0.29) is 5.75 Å². The van der Waals surface area contributed by atoms with Crippen molar-refractivity contribution in [2.24, 2.45) is 0 Å². The van der Waals surface area contributed by atoms with Crippen LogP contribution in [0.5, 0.6) is 5.75 Å². The molecule has 2 aromatic carbocycles. The summed E-state index contributed by atoms with van der Waals surface area (Å²) in [5.41, 5.74) is 1.33. The van der Waals surface area contributed by atoms with Crippen molar-refractivity contribution in [3.63, 3.8) is 0 Å². The molecule has 0 bridgehead atoms. The highest BCUT2D eigenvalue weighted by molar-refractivity contribution is 5.92. The molecule has 0 aromatic heterocycles. The van der Waals surface area contributed by atoms with Gasteiger partial charge in [0.25, 0.3) is 0 Å². The molecule has 25 heavy (non-hydrogen) atoms. The molecule has 1 aliphatic carbocycles. The molecule has 0 atom stereocenters. The number of allylic oxidation sites excluding steroid dienone is 2. The van der Waals surface area contributed by atoms with Crippen molar-refractivity contribution >= 4 is 5.97 Å². The first-order valence-corrected chi connectivity index (χ1v) is 8.15. The highest BCUT2D eigenvalue weighted by Gasteiger charge is 2.26. The number of rotatable bonds is 4. The summed E-state index contributed by atoms with van der Waals surface area (Å²) in [5, 5.41) is 0. The molecule has 0 aliphatic heterocycles. The van der Waals surface area contributed by atoms with Crippen LogP contribution in [0, 0.1) is 17.5 Å². The van der Waals surface area contributed by atoms with Gasteiger partial charge in [0.05, 0.1) is 0 Å². The molecule has 0 unspecified atom stereocenters. The number of hydrogen-bond donors (Lipinski definition) is 0. The molecular formula is C20H17F3O2. The zero-order chi connectivity index (χ0) is 18.0. The molecule has 2 nitrogen and oxygen atoms in total. The predicted molar refractivity (Wildman–Crippen MR) is 88.1 cm³/mol. The van der Waals surface area contributed by atoms with Crippen LogP contribution in [-0.2, 0) is 12.8 Å². The third kappa shape index (κ3) is 3.60. The largest absolute Gasteiger partial charge is 0.423 e. The molecule has 0 saturated carbocycles. The molecule has 0 fully saturated rings. The van der Waals surface area contributed by atoms with Gasteiger partial charge in [0.1, 0.15) is 28.8 Å². The third-order valence-electron chi connectivity index (χ3n) is 4.22. The van der Waals surface area contributed by atoms with Crippen LogP contribution in [0.15, 0.2) is 42.0 Å². The molecule has 0 N–H and O–H groups in total. The van der Waals surface area contributed by atoms with Crippen LogP contribution in [0.25, 0.3) is 0 Å². The van der Waals surface area contributed by atoms with Crippen LogP contribution >= 0.6 is 0 Å². The van der Waals surface area contributed by atoms with E-state index in [0.717, 1.165) is 30.5 Å². The van der Waals surface area contributed by atoms with Gasteiger partial charge >= 0.3 is 5.97 Å². The Morgan fingerprint density at radius 1 is 1.16 bits per heavy atom. The van der Waals surface area contributed by atoms with Crippen LogP contribution in [0.4, 0.5) is 13.2 Å². The first-order chi connectivity index (χ1) is 12.0. The summed E-state index contributed by atoms with van der Waals surface area (Å²) in [5.74, 6) is -3.43. The average Bonchev–Trinajstić information content (AvgIpc) is 2.57. The molecule has 0 radical (unpaired) electrons. The van der Waals surface area contributed by atoms with Crippen molar-refractivity contribution in [1.82, 2.24) is 0 Å². The van der Waals surface area contributed by atoms with Gasteiger partial charge in [0, 0.05) is 0 Å². The minimum atomic E-state index is -1.13. The van der Waals surface area contributed by atoms with Crippen LogP contribution in [0.2, 0.25) is 0 Å². The topological polar surface area (TPSA) is 26.3 Å². The Morgan fingerprint density at radius 2 is 1.88 bits per heavy atom. The zero-order valence-electron chi connectivity index (χ0n) is 13.7. The Morgan fingerprint density at radius 3 is 2.56 bits per heavy atom. The number of halogens is 3. The van der Waals surface area contributed by atoms with Crippen molar-refractivity contribution in [2.45, 2.75) is 32.6 Å². The van der Waals surface area contributed by atoms with Gasteiger partial charge < -0.3 is 4.74 Å². The van der Waals surface area contributed by atoms with E-state index in [1.165, 1.54) is 18.2 Å². The van der Waals surface area contributed by atoms with Crippen LogP contribution < -0.4 is 4.74 Å². The van der Waals surface area contributed by atoms with Gasteiger partial charge in [-0.3, -0.25) is 0 Å². The second-order valence-electron chi connectivity index (χ2n) is 6.02. The lowest BCUT2D eigenvalue weighted by molar-refractivity contribution is 0.0724.